The Morgan fingerprint density at radius 1 is 1.40 bits per heavy atom. The lowest BCUT2D eigenvalue weighted by Gasteiger charge is -2.08. The zero-order valence-corrected chi connectivity index (χ0v) is 7.54. The van der Waals surface area contributed by atoms with E-state index in [1.54, 1.807) is 0 Å². The van der Waals surface area contributed by atoms with Crippen molar-refractivity contribution < 1.29 is 18.8 Å². The summed E-state index contributed by atoms with van der Waals surface area (Å²) in [6, 6.07) is 1.68. The Bertz CT molecular complexity index is 443. The number of aliphatic hydroxyl groups is 1. The van der Waals surface area contributed by atoms with Crippen molar-refractivity contribution in [3.8, 4) is 0 Å². The summed E-state index contributed by atoms with van der Waals surface area (Å²) in [6.45, 7) is 0. The highest BCUT2D eigenvalue weighted by atomic mass is 19.2. The van der Waals surface area contributed by atoms with Gasteiger partial charge in [0.05, 0.1) is 10.5 Å². The normalized spacial score (nSPS) is 17.5. The van der Waals surface area contributed by atoms with Crippen LogP contribution in [0.15, 0.2) is 12.1 Å². The van der Waals surface area contributed by atoms with Crippen molar-refractivity contribution in [2.45, 2.75) is 18.4 Å². The summed E-state index contributed by atoms with van der Waals surface area (Å²) in [4.78, 5) is 9.38. The van der Waals surface area contributed by atoms with E-state index < -0.39 is 27.8 Å². The topological polar surface area (TPSA) is 63.4 Å². The van der Waals surface area contributed by atoms with Gasteiger partial charge in [-0.1, -0.05) is 0 Å². The van der Waals surface area contributed by atoms with Crippen LogP contribution >= 0.6 is 0 Å². The Morgan fingerprint density at radius 2 is 2.00 bits per heavy atom. The van der Waals surface area contributed by atoms with Crippen molar-refractivity contribution >= 4 is 5.69 Å². The third kappa shape index (κ3) is 1.56. The van der Waals surface area contributed by atoms with Gasteiger partial charge in [-0.3, -0.25) is 10.1 Å². The molecule has 1 N–H and O–H groups in total. The molecule has 1 aromatic rings. The molecule has 6 heteroatoms. The van der Waals surface area contributed by atoms with Gasteiger partial charge >= 0.3 is 5.69 Å². The summed E-state index contributed by atoms with van der Waals surface area (Å²) in [5.41, 5.74) is -2.09. The van der Waals surface area contributed by atoms with Crippen molar-refractivity contribution in [3.05, 3.63) is 39.4 Å². The van der Waals surface area contributed by atoms with E-state index in [0.717, 1.165) is 12.1 Å². The van der Waals surface area contributed by atoms with Gasteiger partial charge in [0.2, 0.25) is 5.82 Å². The summed E-state index contributed by atoms with van der Waals surface area (Å²) in [5.74, 6) is -2.80. The van der Waals surface area contributed by atoms with E-state index in [9.17, 15) is 24.0 Å². The molecule has 1 fully saturated rings. The summed E-state index contributed by atoms with van der Waals surface area (Å²) < 4.78 is 25.9. The predicted molar refractivity (Wildman–Crippen MR) is 46.1 cm³/mol. The van der Waals surface area contributed by atoms with Crippen LogP contribution in [0.1, 0.15) is 18.4 Å². The van der Waals surface area contributed by atoms with Crippen molar-refractivity contribution in [2.24, 2.45) is 0 Å². The number of benzene rings is 1. The Balaban J connectivity index is 2.56. The van der Waals surface area contributed by atoms with E-state index in [0.29, 0.717) is 12.8 Å². The van der Waals surface area contributed by atoms with Crippen LogP contribution < -0.4 is 0 Å². The molecular weight excluding hydrogens is 208 g/mol. The third-order valence-corrected chi connectivity index (χ3v) is 2.47. The van der Waals surface area contributed by atoms with Crippen molar-refractivity contribution in [2.75, 3.05) is 0 Å². The number of halogens is 2. The van der Waals surface area contributed by atoms with Gasteiger partial charge in [0.1, 0.15) is 0 Å². The second-order valence-corrected chi connectivity index (χ2v) is 3.58. The lowest BCUT2D eigenvalue weighted by atomic mass is 10.1. The van der Waals surface area contributed by atoms with E-state index in [1.807, 2.05) is 0 Å². The highest BCUT2D eigenvalue weighted by Gasteiger charge is 2.43. The first-order valence-corrected chi connectivity index (χ1v) is 4.30. The number of hydrogen-bond acceptors (Lipinski definition) is 3. The minimum Gasteiger partial charge on any atom is -0.385 e. The Hall–Kier alpha value is -1.56. The second-order valence-electron chi connectivity index (χ2n) is 3.58. The van der Waals surface area contributed by atoms with Gasteiger partial charge < -0.3 is 5.11 Å². The van der Waals surface area contributed by atoms with Crippen LogP contribution in [0.3, 0.4) is 0 Å². The fraction of sp³-hybridized carbons (Fsp3) is 0.333. The molecule has 1 aliphatic carbocycles. The van der Waals surface area contributed by atoms with Crippen LogP contribution in [0.5, 0.6) is 0 Å². The molecule has 15 heavy (non-hydrogen) atoms. The molecule has 80 valence electrons. The zero-order chi connectivity index (χ0) is 11.2. The number of hydrogen-bond donors (Lipinski definition) is 1. The summed E-state index contributed by atoms with van der Waals surface area (Å²) in [6.07, 6.45) is 0.824. The van der Waals surface area contributed by atoms with Gasteiger partial charge in [-0.15, -0.1) is 0 Å². The predicted octanol–water partition coefficient (Wildman–Crippen LogP) is 1.85. The molecule has 0 radical (unpaired) electrons. The smallest absolute Gasteiger partial charge is 0.308 e. The Kier molecular flexibility index (Phi) is 1.97. The monoisotopic (exact) mass is 215 g/mol. The quantitative estimate of drug-likeness (QED) is 0.604. The van der Waals surface area contributed by atoms with Crippen LogP contribution in [-0.4, -0.2) is 10.0 Å². The summed E-state index contributed by atoms with van der Waals surface area (Å²) >= 11 is 0. The molecule has 0 heterocycles. The standard InChI is InChI=1S/C9H7F2NO3/c10-6-3-5(9(13)1-2-9)4-7(8(6)11)12(14)15/h3-4,13H,1-2H2. The first-order chi connectivity index (χ1) is 6.94. The zero-order valence-electron chi connectivity index (χ0n) is 7.54. The average Bonchev–Trinajstić information content (AvgIpc) is 2.89. The van der Waals surface area contributed by atoms with Crippen molar-refractivity contribution in [3.63, 3.8) is 0 Å². The maximum absolute atomic E-state index is 13.0. The Morgan fingerprint density at radius 3 is 2.47 bits per heavy atom. The maximum Gasteiger partial charge on any atom is 0.308 e. The molecule has 0 aromatic heterocycles. The fourth-order valence-corrected chi connectivity index (χ4v) is 1.38. The molecule has 0 aliphatic heterocycles. The van der Waals surface area contributed by atoms with E-state index in [-0.39, 0.29) is 5.56 Å². The average molecular weight is 215 g/mol. The molecule has 1 aromatic carbocycles. The summed E-state index contributed by atoms with van der Waals surface area (Å²) in [7, 11) is 0. The fourth-order valence-electron chi connectivity index (χ4n) is 1.38. The molecule has 2 rings (SSSR count). The first-order valence-electron chi connectivity index (χ1n) is 4.30. The summed E-state index contributed by atoms with van der Waals surface area (Å²) in [5, 5.41) is 20.0. The highest BCUT2D eigenvalue weighted by molar-refractivity contribution is 5.41. The van der Waals surface area contributed by atoms with E-state index in [2.05, 4.69) is 0 Å². The lowest BCUT2D eigenvalue weighted by molar-refractivity contribution is -0.387. The minimum absolute atomic E-state index is 0.0631. The van der Waals surface area contributed by atoms with Gasteiger partial charge in [-0.05, 0) is 24.5 Å². The van der Waals surface area contributed by atoms with Crippen LogP contribution in [0.25, 0.3) is 0 Å². The molecule has 0 bridgehead atoms. The Labute approximate surface area is 83.3 Å². The van der Waals surface area contributed by atoms with E-state index in [1.165, 1.54) is 0 Å². The van der Waals surface area contributed by atoms with Crippen molar-refractivity contribution in [1.82, 2.24) is 0 Å². The molecular formula is C9H7F2NO3. The SMILES string of the molecule is O=[N+]([O-])c1cc(C2(O)CC2)cc(F)c1F. The lowest BCUT2D eigenvalue weighted by Crippen LogP contribution is -2.07. The molecule has 1 aliphatic rings. The van der Waals surface area contributed by atoms with Gasteiger partial charge in [-0.25, -0.2) is 4.39 Å². The van der Waals surface area contributed by atoms with Crippen LogP contribution in [-0.2, 0) is 5.60 Å². The van der Waals surface area contributed by atoms with E-state index in [4.69, 9.17) is 0 Å². The first kappa shape index (κ1) is 9.97. The largest absolute Gasteiger partial charge is 0.385 e. The second kappa shape index (κ2) is 2.96. The highest BCUT2D eigenvalue weighted by Crippen LogP contribution is 2.46. The van der Waals surface area contributed by atoms with Crippen LogP contribution in [0, 0.1) is 21.7 Å². The molecule has 0 amide bonds. The third-order valence-electron chi connectivity index (χ3n) is 2.47. The number of nitro groups is 1. The molecule has 0 atom stereocenters. The number of nitro benzene ring substituents is 1. The van der Waals surface area contributed by atoms with Crippen LogP contribution in [0.4, 0.5) is 14.5 Å². The molecule has 0 spiro atoms. The maximum atomic E-state index is 13.0. The van der Waals surface area contributed by atoms with Gasteiger partial charge in [-0.2, -0.15) is 4.39 Å². The number of nitrogens with zero attached hydrogens (tertiary/aromatic N) is 1. The molecule has 1 saturated carbocycles. The van der Waals surface area contributed by atoms with Gasteiger partial charge in [0, 0.05) is 6.07 Å². The van der Waals surface area contributed by atoms with Crippen LogP contribution in [0.2, 0.25) is 0 Å². The molecule has 0 unspecified atom stereocenters. The van der Waals surface area contributed by atoms with Crippen molar-refractivity contribution in [1.29, 1.82) is 0 Å². The minimum atomic E-state index is -1.49. The van der Waals surface area contributed by atoms with Gasteiger partial charge in [0.15, 0.2) is 5.82 Å². The number of rotatable bonds is 2. The molecule has 4 nitrogen and oxygen atoms in total. The molecule has 0 saturated heterocycles. The van der Waals surface area contributed by atoms with Gasteiger partial charge in [0.25, 0.3) is 0 Å². The van der Waals surface area contributed by atoms with E-state index >= 15 is 0 Å².